The van der Waals surface area contributed by atoms with Crippen molar-refractivity contribution in [2.75, 3.05) is 0 Å². The molecule has 0 saturated carbocycles. The van der Waals surface area contributed by atoms with Crippen LogP contribution in [-0.2, 0) is 6.54 Å². The Labute approximate surface area is 84.9 Å². The SMILES string of the molecule is NCc1nccc2ccc(Br)cc12. The van der Waals surface area contributed by atoms with E-state index in [1.807, 2.05) is 18.2 Å². The summed E-state index contributed by atoms with van der Waals surface area (Å²) >= 11 is 3.43. The molecule has 0 atom stereocenters. The monoisotopic (exact) mass is 236 g/mol. The van der Waals surface area contributed by atoms with E-state index in [9.17, 15) is 0 Å². The summed E-state index contributed by atoms with van der Waals surface area (Å²) in [5, 5.41) is 2.30. The number of hydrogen-bond acceptors (Lipinski definition) is 2. The molecule has 0 bridgehead atoms. The Balaban J connectivity index is 2.79. The maximum atomic E-state index is 5.59. The Bertz CT molecular complexity index is 440. The van der Waals surface area contributed by atoms with Crippen molar-refractivity contribution in [3.05, 3.63) is 40.6 Å². The first-order chi connectivity index (χ1) is 6.31. The highest BCUT2D eigenvalue weighted by atomic mass is 79.9. The summed E-state index contributed by atoms with van der Waals surface area (Å²) in [6, 6.07) is 8.11. The third-order valence-corrected chi connectivity index (χ3v) is 2.50. The van der Waals surface area contributed by atoms with Gasteiger partial charge >= 0.3 is 0 Å². The minimum Gasteiger partial charge on any atom is -0.325 e. The van der Waals surface area contributed by atoms with Crippen LogP contribution < -0.4 is 5.73 Å². The summed E-state index contributed by atoms with van der Waals surface area (Å²) in [5.41, 5.74) is 6.53. The van der Waals surface area contributed by atoms with Crippen molar-refractivity contribution in [2.24, 2.45) is 5.73 Å². The van der Waals surface area contributed by atoms with Gasteiger partial charge in [0, 0.05) is 22.6 Å². The van der Waals surface area contributed by atoms with Crippen LogP contribution in [0.25, 0.3) is 10.8 Å². The highest BCUT2D eigenvalue weighted by molar-refractivity contribution is 9.10. The van der Waals surface area contributed by atoms with Crippen LogP contribution in [-0.4, -0.2) is 4.98 Å². The van der Waals surface area contributed by atoms with E-state index in [2.05, 4.69) is 27.0 Å². The topological polar surface area (TPSA) is 38.9 Å². The molecule has 0 spiro atoms. The van der Waals surface area contributed by atoms with Crippen LogP contribution in [0.5, 0.6) is 0 Å². The molecule has 0 aliphatic rings. The molecular formula is C10H9BrN2. The fraction of sp³-hybridized carbons (Fsp3) is 0.100. The van der Waals surface area contributed by atoms with Crippen LogP contribution in [0.15, 0.2) is 34.9 Å². The summed E-state index contributed by atoms with van der Waals surface area (Å²) in [5.74, 6) is 0. The molecule has 2 nitrogen and oxygen atoms in total. The maximum absolute atomic E-state index is 5.59. The van der Waals surface area contributed by atoms with Gasteiger partial charge in [-0.2, -0.15) is 0 Å². The quantitative estimate of drug-likeness (QED) is 0.827. The van der Waals surface area contributed by atoms with Crippen LogP contribution in [0.2, 0.25) is 0 Å². The molecule has 2 aromatic rings. The van der Waals surface area contributed by atoms with Crippen molar-refractivity contribution in [3.63, 3.8) is 0 Å². The van der Waals surface area contributed by atoms with E-state index in [4.69, 9.17) is 5.73 Å². The van der Waals surface area contributed by atoms with Gasteiger partial charge < -0.3 is 5.73 Å². The Hall–Kier alpha value is -0.930. The maximum Gasteiger partial charge on any atom is 0.0618 e. The van der Waals surface area contributed by atoms with Crippen LogP contribution >= 0.6 is 15.9 Å². The molecule has 2 N–H and O–H groups in total. The highest BCUT2D eigenvalue weighted by Gasteiger charge is 2.00. The average Bonchev–Trinajstić information content (AvgIpc) is 2.17. The minimum atomic E-state index is 0.480. The zero-order valence-corrected chi connectivity index (χ0v) is 8.58. The number of pyridine rings is 1. The van der Waals surface area contributed by atoms with Crippen molar-refractivity contribution in [1.82, 2.24) is 4.98 Å². The molecule has 0 unspecified atom stereocenters. The second-order valence-corrected chi connectivity index (χ2v) is 3.74. The fourth-order valence-corrected chi connectivity index (χ4v) is 1.72. The third-order valence-electron chi connectivity index (χ3n) is 2.00. The zero-order chi connectivity index (χ0) is 9.26. The molecule has 0 radical (unpaired) electrons. The number of nitrogens with zero attached hydrogens (tertiary/aromatic N) is 1. The average molecular weight is 237 g/mol. The molecule has 0 amide bonds. The van der Waals surface area contributed by atoms with Crippen LogP contribution in [0, 0.1) is 0 Å². The summed E-state index contributed by atoms with van der Waals surface area (Å²) < 4.78 is 1.06. The summed E-state index contributed by atoms with van der Waals surface area (Å²) in [4.78, 5) is 4.22. The van der Waals surface area contributed by atoms with Gasteiger partial charge in [0.25, 0.3) is 0 Å². The predicted octanol–water partition coefficient (Wildman–Crippen LogP) is 2.46. The molecule has 1 aromatic carbocycles. The van der Waals surface area contributed by atoms with Crippen LogP contribution in [0.3, 0.4) is 0 Å². The van der Waals surface area contributed by atoms with Crippen LogP contribution in [0.4, 0.5) is 0 Å². The molecule has 2 rings (SSSR count). The Morgan fingerprint density at radius 3 is 2.92 bits per heavy atom. The van der Waals surface area contributed by atoms with Crippen molar-refractivity contribution in [2.45, 2.75) is 6.54 Å². The van der Waals surface area contributed by atoms with Crippen molar-refractivity contribution >= 4 is 26.7 Å². The standard InChI is InChI=1S/C10H9BrN2/c11-8-2-1-7-3-4-13-10(6-12)9(7)5-8/h1-5H,6,12H2. The molecule has 3 heteroatoms. The molecule has 0 aliphatic carbocycles. The summed E-state index contributed by atoms with van der Waals surface area (Å²) in [6.45, 7) is 0.480. The first kappa shape index (κ1) is 8.66. The van der Waals surface area contributed by atoms with Gasteiger partial charge in [0.2, 0.25) is 0 Å². The third kappa shape index (κ3) is 1.57. The molecule has 0 saturated heterocycles. The first-order valence-corrected chi connectivity index (χ1v) is 4.84. The lowest BCUT2D eigenvalue weighted by molar-refractivity contribution is 1.01. The van der Waals surface area contributed by atoms with Gasteiger partial charge in [-0.25, -0.2) is 0 Å². The predicted molar refractivity (Wildman–Crippen MR) is 57.3 cm³/mol. The van der Waals surface area contributed by atoms with Crippen LogP contribution in [0.1, 0.15) is 5.69 Å². The Morgan fingerprint density at radius 1 is 1.31 bits per heavy atom. The lowest BCUT2D eigenvalue weighted by atomic mass is 10.1. The zero-order valence-electron chi connectivity index (χ0n) is 7.00. The Kier molecular flexibility index (Phi) is 2.29. The largest absolute Gasteiger partial charge is 0.325 e. The normalized spacial score (nSPS) is 10.6. The summed E-state index contributed by atoms with van der Waals surface area (Å²) in [7, 11) is 0. The molecule has 0 fully saturated rings. The molecule has 13 heavy (non-hydrogen) atoms. The Morgan fingerprint density at radius 2 is 2.15 bits per heavy atom. The molecule has 66 valence electrons. The number of nitrogens with two attached hydrogens (primary N) is 1. The van der Waals surface area contributed by atoms with Gasteiger partial charge in [-0.05, 0) is 23.6 Å². The number of fused-ring (bicyclic) bond motifs is 1. The number of benzene rings is 1. The molecule has 0 aliphatic heterocycles. The molecule has 1 aromatic heterocycles. The van der Waals surface area contributed by atoms with E-state index in [0.717, 1.165) is 15.6 Å². The molecule has 1 heterocycles. The lowest BCUT2D eigenvalue weighted by Crippen LogP contribution is -1.99. The van der Waals surface area contributed by atoms with Gasteiger partial charge in [0.05, 0.1) is 5.69 Å². The van der Waals surface area contributed by atoms with Gasteiger partial charge in [-0.1, -0.05) is 22.0 Å². The van der Waals surface area contributed by atoms with E-state index in [0.29, 0.717) is 6.54 Å². The molecular weight excluding hydrogens is 228 g/mol. The van der Waals surface area contributed by atoms with Gasteiger partial charge in [-0.3, -0.25) is 4.98 Å². The number of aromatic nitrogens is 1. The second kappa shape index (κ2) is 3.44. The summed E-state index contributed by atoms with van der Waals surface area (Å²) in [6.07, 6.45) is 1.79. The smallest absolute Gasteiger partial charge is 0.0618 e. The van der Waals surface area contributed by atoms with E-state index < -0.39 is 0 Å². The first-order valence-electron chi connectivity index (χ1n) is 4.04. The van der Waals surface area contributed by atoms with Gasteiger partial charge in [0.1, 0.15) is 0 Å². The number of halogens is 1. The second-order valence-electron chi connectivity index (χ2n) is 2.83. The lowest BCUT2D eigenvalue weighted by Gasteiger charge is -2.02. The van der Waals surface area contributed by atoms with Crippen molar-refractivity contribution in [3.8, 4) is 0 Å². The van der Waals surface area contributed by atoms with E-state index in [-0.39, 0.29) is 0 Å². The van der Waals surface area contributed by atoms with Crippen molar-refractivity contribution in [1.29, 1.82) is 0 Å². The van der Waals surface area contributed by atoms with Gasteiger partial charge in [-0.15, -0.1) is 0 Å². The minimum absolute atomic E-state index is 0.480. The fourth-order valence-electron chi connectivity index (χ4n) is 1.36. The van der Waals surface area contributed by atoms with Gasteiger partial charge in [0.15, 0.2) is 0 Å². The van der Waals surface area contributed by atoms with E-state index in [1.165, 1.54) is 5.39 Å². The number of rotatable bonds is 1. The highest BCUT2D eigenvalue weighted by Crippen LogP contribution is 2.21. The van der Waals surface area contributed by atoms with E-state index in [1.54, 1.807) is 6.20 Å². The van der Waals surface area contributed by atoms with Crippen molar-refractivity contribution < 1.29 is 0 Å². The van der Waals surface area contributed by atoms with E-state index >= 15 is 0 Å². The number of hydrogen-bond donors (Lipinski definition) is 1.